The molecule has 0 heterocycles. The Bertz CT molecular complexity index is 242. The maximum absolute atomic E-state index is 10.5. The molecule has 0 aliphatic heterocycles. The van der Waals surface area contributed by atoms with Crippen molar-refractivity contribution in [3.8, 4) is 0 Å². The Balaban J connectivity index is 3.00. The SMILES string of the molecule is NC(=O)c1c[c]c(Cl)cc1. The molecule has 0 spiro atoms. The van der Waals surface area contributed by atoms with Crippen molar-refractivity contribution in [2.45, 2.75) is 0 Å². The zero-order chi connectivity index (χ0) is 7.56. The summed E-state index contributed by atoms with van der Waals surface area (Å²) in [6.07, 6.45) is 0. The number of rotatable bonds is 1. The maximum atomic E-state index is 10.5. The molecule has 1 radical (unpaired) electrons. The van der Waals surface area contributed by atoms with Crippen LogP contribution in [0, 0.1) is 6.07 Å². The van der Waals surface area contributed by atoms with Crippen LogP contribution in [-0.4, -0.2) is 5.91 Å². The molecule has 2 nitrogen and oxygen atoms in total. The first-order valence-corrected chi connectivity index (χ1v) is 3.05. The summed E-state index contributed by atoms with van der Waals surface area (Å²) >= 11 is 5.51. The van der Waals surface area contributed by atoms with Crippen LogP contribution in [0.1, 0.15) is 10.4 Å². The van der Waals surface area contributed by atoms with E-state index in [1.807, 2.05) is 0 Å². The number of carbonyl (C=O) groups is 1. The van der Waals surface area contributed by atoms with E-state index < -0.39 is 5.91 Å². The van der Waals surface area contributed by atoms with E-state index in [2.05, 4.69) is 6.07 Å². The van der Waals surface area contributed by atoms with Crippen molar-refractivity contribution in [1.82, 2.24) is 0 Å². The molecule has 1 aromatic rings. The highest BCUT2D eigenvalue weighted by Crippen LogP contribution is 2.07. The minimum atomic E-state index is -0.465. The van der Waals surface area contributed by atoms with Gasteiger partial charge in [-0.3, -0.25) is 4.79 Å². The molecule has 1 aromatic carbocycles. The number of hydrogen-bond acceptors (Lipinski definition) is 1. The minimum absolute atomic E-state index is 0.421. The fraction of sp³-hybridized carbons (Fsp3) is 0. The first kappa shape index (κ1) is 7.09. The van der Waals surface area contributed by atoms with Crippen molar-refractivity contribution in [3.63, 3.8) is 0 Å². The Morgan fingerprint density at radius 2 is 2.30 bits per heavy atom. The van der Waals surface area contributed by atoms with E-state index in [0.717, 1.165) is 0 Å². The standard InChI is InChI=1S/C7H5ClNO/c8-6-3-1-5(2-4-6)7(9)10/h1-3H,(H2,9,10). The van der Waals surface area contributed by atoms with Gasteiger partial charge in [-0.1, -0.05) is 11.6 Å². The lowest BCUT2D eigenvalue weighted by molar-refractivity contribution is 0.100. The fourth-order valence-electron chi connectivity index (χ4n) is 0.559. The third kappa shape index (κ3) is 1.48. The van der Waals surface area contributed by atoms with Crippen LogP contribution in [0.4, 0.5) is 0 Å². The van der Waals surface area contributed by atoms with Crippen LogP contribution in [0.15, 0.2) is 18.2 Å². The zero-order valence-electron chi connectivity index (χ0n) is 5.10. The molecule has 0 unspecified atom stereocenters. The summed E-state index contributed by atoms with van der Waals surface area (Å²) in [5.41, 5.74) is 5.38. The smallest absolute Gasteiger partial charge is 0.248 e. The first-order valence-electron chi connectivity index (χ1n) is 2.67. The highest BCUT2D eigenvalue weighted by Gasteiger charge is 1.97. The van der Waals surface area contributed by atoms with Gasteiger partial charge in [0.25, 0.3) is 0 Å². The highest BCUT2D eigenvalue weighted by molar-refractivity contribution is 6.30. The number of halogens is 1. The van der Waals surface area contributed by atoms with Crippen LogP contribution in [0.2, 0.25) is 5.02 Å². The van der Waals surface area contributed by atoms with Crippen LogP contribution >= 0.6 is 11.6 Å². The fourth-order valence-corrected chi connectivity index (χ4v) is 0.677. The number of carbonyl (C=O) groups excluding carboxylic acids is 1. The van der Waals surface area contributed by atoms with Crippen molar-refractivity contribution in [1.29, 1.82) is 0 Å². The molecule has 0 aliphatic carbocycles. The van der Waals surface area contributed by atoms with Gasteiger partial charge in [0.1, 0.15) is 0 Å². The Morgan fingerprint density at radius 3 is 2.70 bits per heavy atom. The van der Waals surface area contributed by atoms with Gasteiger partial charge in [-0.05, 0) is 18.2 Å². The van der Waals surface area contributed by atoms with E-state index in [4.69, 9.17) is 17.3 Å². The summed E-state index contributed by atoms with van der Waals surface area (Å²) in [6.45, 7) is 0. The van der Waals surface area contributed by atoms with Crippen LogP contribution < -0.4 is 5.73 Å². The third-order valence-electron chi connectivity index (χ3n) is 1.06. The Labute approximate surface area is 63.6 Å². The summed E-state index contributed by atoms with van der Waals surface area (Å²) < 4.78 is 0. The lowest BCUT2D eigenvalue weighted by Gasteiger charge is -1.92. The van der Waals surface area contributed by atoms with Gasteiger partial charge in [-0.2, -0.15) is 0 Å². The van der Waals surface area contributed by atoms with Gasteiger partial charge in [0.05, 0.1) is 0 Å². The number of primary amides is 1. The third-order valence-corrected chi connectivity index (χ3v) is 1.29. The Kier molecular flexibility index (Phi) is 1.92. The predicted molar refractivity (Wildman–Crippen MR) is 38.8 cm³/mol. The molecule has 1 amide bonds. The molecule has 3 heteroatoms. The minimum Gasteiger partial charge on any atom is -0.366 e. The highest BCUT2D eigenvalue weighted by atomic mass is 35.5. The van der Waals surface area contributed by atoms with Crippen molar-refractivity contribution < 1.29 is 4.79 Å². The second-order valence-electron chi connectivity index (χ2n) is 1.79. The van der Waals surface area contributed by atoms with Crippen LogP contribution in [0.3, 0.4) is 0 Å². The average Bonchev–Trinajstić information content (AvgIpc) is 1.88. The molecule has 51 valence electrons. The summed E-state index contributed by atoms with van der Waals surface area (Å²) in [6, 6.07) is 7.24. The number of nitrogens with two attached hydrogens (primary N) is 1. The molecule has 0 saturated carbocycles. The van der Waals surface area contributed by atoms with E-state index in [1.54, 1.807) is 12.1 Å². The molecule has 10 heavy (non-hydrogen) atoms. The lowest BCUT2D eigenvalue weighted by Crippen LogP contribution is -2.10. The van der Waals surface area contributed by atoms with E-state index in [1.165, 1.54) is 6.07 Å². The van der Waals surface area contributed by atoms with E-state index >= 15 is 0 Å². The molecule has 0 atom stereocenters. The molecule has 0 bridgehead atoms. The number of amides is 1. The lowest BCUT2D eigenvalue weighted by atomic mass is 10.2. The largest absolute Gasteiger partial charge is 0.366 e. The molecule has 0 aliphatic rings. The van der Waals surface area contributed by atoms with E-state index in [0.29, 0.717) is 10.6 Å². The second kappa shape index (κ2) is 2.71. The molecule has 0 fully saturated rings. The summed E-state index contributed by atoms with van der Waals surface area (Å²) in [4.78, 5) is 10.5. The molecular weight excluding hydrogens is 150 g/mol. The van der Waals surface area contributed by atoms with E-state index in [-0.39, 0.29) is 0 Å². The van der Waals surface area contributed by atoms with Gasteiger partial charge in [-0.25, -0.2) is 0 Å². The van der Waals surface area contributed by atoms with Crippen LogP contribution in [0.5, 0.6) is 0 Å². The number of hydrogen-bond donors (Lipinski definition) is 1. The monoisotopic (exact) mass is 154 g/mol. The molecule has 0 aromatic heterocycles. The van der Waals surface area contributed by atoms with Gasteiger partial charge in [0, 0.05) is 16.7 Å². The Hall–Kier alpha value is -1.02. The Morgan fingerprint density at radius 1 is 1.60 bits per heavy atom. The zero-order valence-corrected chi connectivity index (χ0v) is 5.85. The van der Waals surface area contributed by atoms with Crippen LogP contribution in [-0.2, 0) is 0 Å². The normalized spacial score (nSPS) is 9.30. The van der Waals surface area contributed by atoms with Gasteiger partial charge >= 0.3 is 0 Å². The van der Waals surface area contributed by atoms with Gasteiger partial charge < -0.3 is 5.73 Å². The first-order chi connectivity index (χ1) is 4.70. The van der Waals surface area contributed by atoms with Crippen molar-refractivity contribution in [2.24, 2.45) is 5.73 Å². The van der Waals surface area contributed by atoms with Gasteiger partial charge in [0.15, 0.2) is 0 Å². The van der Waals surface area contributed by atoms with Crippen molar-refractivity contribution in [2.75, 3.05) is 0 Å². The van der Waals surface area contributed by atoms with Crippen molar-refractivity contribution >= 4 is 17.5 Å². The van der Waals surface area contributed by atoms with E-state index in [9.17, 15) is 4.79 Å². The second-order valence-corrected chi connectivity index (χ2v) is 2.20. The van der Waals surface area contributed by atoms with Crippen molar-refractivity contribution in [3.05, 3.63) is 34.9 Å². The topological polar surface area (TPSA) is 43.1 Å². The molecular formula is C7H5ClNO. The molecule has 1 rings (SSSR count). The average molecular weight is 155 g/mol. The van der Waals surface area contributed by atoms with Gasteiger partial charge in [-0.15, -0.1) is 0 Å². The summed E-state index contributed by atoms with van der Waals surface area (Å²) in [7, 11) is 0. The summed E-state index contributed by atoms with van der Waals surface area (Å²) in [5, 5.41) is 0.477. The van der Waals surface area contributed by atoms with Gasteiger partial charge in [0.2, 0.25) is 5.91 Å². The number of benzene rings is 1. The summed E-state index contributed by atoms with van der Waals surface area (Å²) in [5.74, 6) is -0.465. The maximum Gasteiger partial charge on any atom is 0.248 e. The molecule has 2 N–H and O–H groups in total. The quantitative estimate of drug-likeness (QED) is 0.650. The van der Waals surface area contributed by atoms with Crippen LogP contribution in [0.25, 0.3) is 0 Å². The predicted octanol–water partition coefficient (Wildman–Crippen LogP) is 1.24. The molecule has 0 saturated heterocycles.